The molecule has 0 unspecified atom stereocenters. The lowest BCUT2D eigenvalue weighted by molar-refractivity contribution is -0.146. The van der Waals surface area contributed by atoms with E-state index in [0.29, 0.717) is 19.5 Å². The van der Waals surface area contributed by atoms with Crippen molar-refractivity contribution in [3.05, 3.63) is 22.4 Å². The molecule has 1 aromatic rings. The highest BCUT2D eigenvalue weighted by atomic mass is 32.1. The van der Waals surface area contributed by atoms with Crippen LogP contribution in [0, 0.1) is 0 Å². The number of carbonyl (C=O) groups is 2. The quantitative estimate of drug-likeness (QED) is 0.838. The van der Waals surface area contributed by atoms with Gasteiger partial charge in [0.15, 0.2) is 0 Å². The minimum atomic E-state index is -0.943. The molecule has 1 aliphatic heterocycles. The van der Waals surface area contributed by atoms with Crippen LogP contribution in [0.5, 0.6) is 0 Å². The average molecular weight is 311 g/mol. The smallest absolute Gasteiger partial charge is 0.329 e. The van der Waals surface area contributed by atoms with Gasteiger partial charge in [-0.15, -0.1) is 11.3 Å². The second-order valence-corrected chi connectivity index (χ2v) is 6.25. The zero-order valence-corrected chi connectivity index (χ0v) is 12.8. The molecule has 1 amide bonds. The average Bonchev–Trinajstić information content (AvgIpc) is 2.99. The number of ether oxygens (including phenoxy) is 1. The van der Waals surface area contributed by atoms with Crippen molar-refractivity contribution in [2.45, 2.75) is 38.2 Å². The van der Waals surface area contributed by atoms with Crippen molar-refractivity contribution in [3.8, 4) is 0 Å². The van der Waals surface area contributed by atoms with Crippen molar-refractivity contribution in [2.24, 2.45) is 0 Å². The summed E-state index contributed by atoms with van der Waals surface area (Å²) in [5, 5.41) is 10.6. The van der Waals surface area contributed by atoms with E-state index in [1.165, 1.54) is 4.88 Å². The van der Waals surface area contributed by atoms with E-state index in [-0.39, 0.29) is 18.6 Å². The SMILES string of the molecule is O=C(O)COC1CCN(C(=O)CCCc2cccs2)CC1. The molecule has 1 saturated heterocycles. The van der Waals surface area contributed by atoms with Gasteiger partial charge in [0.05, 0.1) is 6.10 Å². The molecule has 2 heterocycles. The number of hydrogen-bond donors (Lipinski definition) is 1. The van der Waals surface area contributed by atoms with Gasteiger partial charge in [0, 0.05) is 24.4 Å². The highest BCUT2D eigenvalue weighted by molar-refractivity contribution is 7.09. The number of carboxylic acid groups (broad SMARTS) is 1. The Bertz CT molecular complexity index is 452. The van der Waals surface area contributed by atoms with Crippen LogP contribution in [-0.2, 0) is 20.7 Å². The lowest BCUT2D eigenvalue weighted by Crippen LogP contribution is -2.41. The molecule has 0 aromatic carbocycles. The summed E-state index contributed by atoms with van der Waals surface area (Å²) in [6, 6.07) is 4.13. The second-order valence-electron chi connectivity index (χ2n) is 5.22. The van der Waals surface area contributed by atoms with Gasteiger partial charge in [-0.05, 0) is 37.1 Å². The normalized spacial score (nSPS) is 16.1. The molecule has 0 radical (unpaired) electrons. The fourth-order valence-corrected chi connectivity index (χ4v) is 3.24. The van der Waals surface area contributed by atoms with E-state index in [1.807, 2.05) is 11.0 Å². The maximum atomic E-state index is 12.1. The fourth-order valence-electron chi connectivity index (χ4n) is 2.49. The number of nitrogens with zero attached hydrogens (tertiary/aromatic N) is 1. The molecule has 0 atom stereocenters. The van der Waals surface area contributed by atoms with Crippen LogP contribution in [0.25, 0.3) is 0 Å². The number of carboxylic acids is 1. The third-order valence-electron chi connectivity index (χ3n) is 3.63. The minimum absolute atomic E-state index is 0.0312. The molecule has 0 bridgehead atoms. The summed E-state index contributed by atoms with van der Waals surface area (Å²) in [4.78, 5) is 25.7. The predicted molar refractivity (Wildman–Crippen MR) is 80.4 cm³/mol. The zero-order chi connectivity index (χ0) is 15.1. The number of hydrogen-bond acceptors (Lipinski definition) is 4. The first-order chi connectivity index (χ1) is 10.1. The van der Waals surface area contributed by atoms with Crippen LogP contribution in [0.4, 0.5) is 0 Å². The predicted octanol–water partition coefficient (Wildman–Crippen LogP) is 2.16. The fraction of sp³-hybridized carbons (Fsp3) is 0.600. The second kappa shape index (κ2) is 8.14. The van der Waals surface area contributed by atoms with Crippen LogP contribution < -0.4 is 0 Å². The molecular formula is C15H21NO4S. The molecule has 1 N–H and O–H groups in total. The molecule has 116 valence electrons. The molecule has 0 aliphatic carbocycles. The van der Waals surface area contributed by atoms with E-state index in [0.717, 1.165) is 25.7 Å². The number of rotatable bonds is 7. The van der Waals surface area contributed by atoms with E-state index in [4.69, 9.17) is 9.84 Å². The lowest BCUT2D eigenvalue weighted by atomic mass is 10.1. The van der Waals surface area contributed by atoms with Crippen molar-refractivity contribution in [3.63, 3.8) is 0 Å². The molecule has 6 heteroatoms. The van der Waals surface area contributed by atoms with Crippen LogP contribution in [-0.4, -0.2) is 47.7 Å². The van der Waals surface area contributed by atoms with Crippen LogP contribution in [0.1, 0.15) is 30.6 Å². The Morgan fingerprint density at radius 2 is 2.14 bits per heavy atom. The van der Waals surface area contributed by atoms with Crippen LogP contribution in [0.3, 0.4) is 0 Å². The summed E-state index contributed by atoms with van der Waals surface area (Å²) in [6.07, 6.45) is 3.85. The summed E-state index contributed by atoms with van der Waals surface area (Å²) in [7, 11) is 0. The van der Waals surface area contributed by atoms with E-state index >= 15 is 0 Å². The number of carbonyl (C=O) groups excluding carboxylic acids is 1. The molecule has 0 spiro atoms. The van der Waals surface area contributed by atoms with Gasteiger partial charge in [-0.2, -0.15) is 0 Å². The summed E-state index contributed by atoms with van der Waals surface area (Å²) in [5.41, 5.74) is 0. The van der Waals surface area contributed by atoms with E-state index in [2.05, 4.69) is 11.4 Å². The van der Waals surface area contributed by atoms with Crippen LogP contribution in [0.2, 0.25) is 0 Å². The van der Waals surface area contributed by atoms with E-state index in [9.17, 15) is 9.59 Å². The van der Waals surface area contributed by atoms with Gasteiger partial charge in [0.25, 0.3) is 0 Å². The Kier molecular flexibility index (Phi) is 6.20. The van der Waals surface area contributed by atoms with Gasteiger partial charge >= 0.3 is 5.97 Å². The molecule has 1 aliphatic rings. The molecule has 0 saturated carbocycles. The Balaban J connectivity index is 1.62. The number of aryl methyl sites for hydroxylation is 1. The summed E-state index contributed by atoms with van der Waals surface area (Å²) >= 11 is 1.73. The Morgan fingerprint density at radius 3 is 2.76 bits per heavy atom. The molecule has 1 fully saturated rings. The molecule has 2 rings (SSSR count). The molecule has 21 heavy (non-hydrogen) atoms. The summed E-state index contributed by atoms with van der Waals surface area (Å²) in [6.45, 7) is 1.09. The summed E-state index contributed by atoms with van der Waals surface area (Å²) in [5.74, 6) is -0.745. The first-order valence-corrected chi connectivity index (χ1v) is 8.16. The maximum Gasteiger partial charge on any atom is 0.329 e. The maximum absolute atomic E-state index is 12.1. The Labute approximate surface area is 128 Å². The van der Waals surface area contributed by atoms with Gasteiger partial charge in [-0.1, -0.05) is 6.07 Å². The Morgan fingerprint density at radius 1 is 1.38 bits per heavy atom. The third kappa shape index (κ3) is 5.47. The van der Waals surface area contributed by atoms with Gasteiger partial charge in [0.1, 0.15) is 6.61 Å². The van der Waals surface area contributed by atoms with Crippen molar-refractivity contribution >= 4 is 23.2 Å². The van der Waals surface area contributed by atoms with E-state index in [1.54, 1.807) is 11.3 Å². The third-order valence-corrected chi connectivity index (χ3v) is 4.57. The number of thiophene rings is 1. The Hall–Kier alpha value is -1.40. The van der Waals surface area contributed by atoms with Crippen molar-refractivity contribution in [1.29, 1.82) is 0 Å². The summed E-state index contributed by atoms with van der Waals surface area (Å²) < 4.78 is 5.27. The van der Waals surface area contributed by atoms with Crippen molar-refractivity contribution in [2.75, 3.05) is 19.7 Å². The van der Waals surface area contributed by atoms with E-state index < -0.39 is 5.97 Å². The van der Waals surface area contributed by atoms with Crippen molar-refractivity contribution < 1.29 is 19.4 Å². The first-order valence-electron chi connectivity index (χ1n) is 7.28. The lowest BCUT2D eigenvalue weighted by Gasteiger charge is -2.31. The zero-order valence-electron chi connectivity index (χ0n) is 12.0. The highest BCUT2D eigenvalue weighted by Gasteiger charge is 2.23. The van der Waals surface area contributed by atoms with Crippen molar-refractivity contribution in [1.82, 2.24) is 4.90 Å². The van der Waals surface area contributed by atoms with Gasteiger partial charge in [0.2, 0.25) is 5.91 Å². The highest BCUT2D eigenvalue weighted by Crippen LogP contribution is 2.16. The number of likely N-dealkylation sites (tertiary alicyclic amines) is 1. The molecular weight excluding hydrogens is 290 g/mol. The molecule has 5 nitrogen and oxygen atoms in total. The largest absolute Gasteiger partial charge is 0.480 e. The van der Waals surface area contributed by atoms with Gasteiger partial charge in [-0.3, -0.25) is 4.79 Å². The number of amides is 1. The van der Waals surface area contributed by atoms with Crippen LogP contribution >= 0.6 is 11.3 Å². The standard InChI is InChI=1S/C15H21NO4S/c17-14(5-1-3-13-4-2-10-21-13)16-8-6-12(7-9-16)20-11-15(18)19/h2,4,10,12H,1,3,5-9,11H2,(H,18,19). The van der Waals surface area contributed by atoms with Gasteiger partial charge < -0.3 is 14.7 Å². The number of piperidine rings is 1. The minimum Gasteiger partial charge on any atom is -0.480 e. The topological polar surface area (TPSA) is 66.8 Å². The monoisotopic (exact) mass is 311 g/mol. The van der Waals surface area contributed by atoms with Crippen LogP contribution in [0.15, 0.2) is 17.5 Å². The van der Waals surface area contributed by atoms with Gasteiger partial charge in [-0.25, -0.2) is 4.79 Å². The first kappa shape index (κ1) is 16.0. The molecule has 1 aromatic heterocycles. The number of aliphatic carboxylic acids is 1.